The molecule has 0 fully saturated rings. The largest absolute Gasteiger partial charge is 0.469 e. The number of hydrogen-bond donors (Lipinski definition) is 0. The molecule has 0 N–H and O–H groups in total. The molecule has 0 saturated carbocycles. The summed E-state index contributed by atoms with van der Waals surface area (Å²) in [7, 11) is 1.30. The van der Waals surface area contributed by atoms with Crippen LogP contribution in [0.25, 0.3) is 0 Å². The van der Waals surface area contributed by atoms with Gasteiger partial charge in [0, 0.05) is 13.1 Å². The lowest BCUT2D eigenvalue weighted by Crippen LogP contribution is -2.38. The first-order valence-electron chi connectivity index (χ1n) is 7.73. The topological polar surface area (TPSA) is 46.6 Å². The molecule has 0 aliphatic rings. The van der Waals surface area contributed by atoms with Gasteiger partial charge in [-0.05, 0) is 18.6 Å². The van der Waals surface area contributed by atoms with Crippen LogP contribution in [-0.2, 0) is 9.53 Å². The standard InChI is InChI=1S/C17H23ClFNO3/c1-4-5-6-10-20(11-12(2)17(22)23-3)16(21)15-13(18)8-7-9-14(15)19/h7-9,12H,4-6,10-11H2,1-3H3. The Hall–Kier alpha value is -1.62. The van der Waals surface area contributed by atoms with Gasteiger partial charge in [0.1, 0.15) is 5.82 Å². The zero-order valence-electron chi connectivity index (χ0n) is 13.8. The van der Waals surface area contributed by atoms with Crippen molar-refractivity contribution in [3.8, 4) is 0 Å². The number of carbonyl (C=O) groups excluding carboxylic acids is 2. The number of esters is 1. The first kappa shape index (κ1) is 19.4. The third kappa shape index (κ3) is 5.50. The van der Waals surface area contributed by atoms with E-state index in [2.05, 4.69) is 6.92 Å². The van der Waals surface area contributed by atoms with Crippen molar-refractivity contribution in [3.05, 3.63) is 34.6 Å². The second-order valence-corrected chi connectivity index (χ2v) is 5.89. The Bertz CT molecular complexity index is 530. The summed E-state index contributed by atoms with van der Waals surface area (Å²) >= 11 is 5.98. The molecule has 1 amide bonds. The highest BCUT2D eigenvalue weighted by atomic mass is 35.5. The Balaban J connectivity index is 2.98. The number of nitrogens with zero attached hydrogens (tertiary/aromatic N) is 1. The molecule has 128 valence electrons. The Morgan fingerprint density at radius 2 is 2.04 bits per heavy atom. The normalized spacial score (nSPS) is 11.9. The van der Waals surface area contributed by atoms with Crippen molar-refractivity contribution in [3.63, 3.8) is 0 Å². The highest BCUT2D eigenvalue weighted by molar-refractivity contribution is 6.33. The van der Waals surface area contributed by atoms with E-state index in [1.807, 2.05) is 0 Å². The van der Waals surface area contributed by atoms with E-state index in [1.54, 1.807) is 6.92 Å². The number of benzene rings is 1. The number of halogens is 2. The molecule has 23 heavy (non-hydrogen) atoms. The molecule has 0 bridgehead atoms. The van der Waals surface area contributed by atoms with E-state index >= 15 is 0 Å². The van der Waals surface area contributed by atoms with Gasteiger partial charge in [-0.15, -0.1) is 0 Å². The monoisotopic (exact) mass is 343 g/mol. The van der Waals surface area contributed by atoms with Crippen molar-refractivity contribution < 1.29 is 18.7 Å². The van der Waals surface area contributed by atoms with E-state index in [9.17, 15) is 14.0 Å². The molecule has 6 heteroatoms. The van der Waals surface area contributed by atoms with Crippen molar-refractivity contribution in [1.29, 1.82) is 0 Å². The minimum Gasteiger partial charge on any atom is -0.469 e. The molecule has 0 radical (unpaired) electrons. The number of ether oxygens (including phenoxy) is 1. The zero-order valence-corrected chi connectivity index (χ0v) is 14.5. The Morgan fingerprint density at radius 1 is 1.35 bits per heavy atom. The second kappa shape index (κ2) is 9.50. The second-order valence-electron chi connectivity index (χ2n) is 5.48. The van der Waals surface area contributed by atoms with Gasteiger partial charge in [-0.2, -0.15) is 0 Å². The predicted octanol–water partition coefficient (Wildman–Crippen LogP) is 3.92. The summed E-state index contributed by atoms with van der Waals surface area (Å²) in [4.78, 5) is 25.8. The van der Waals surface area contributed by atoms with E-state index in [0.29, 0.717) is 6.54 Å². The fourth-order valence-corrected chi connectivity index (χ4v) is 2.54. The van der Waals surface area contributed by atoms with E-state index in [0.717, 1.165) is 19.3 Å². The average Bonchev–Trinajstić information content (AvgIpc) is 2.52. The van der Waals surface area contributed by atoms with Crippen LogP contribution in [0.4, 0.5) is 4.39 Å². The summed E-state index contributed by atoms with van der Waals surface area (Å²) in [5.74, 6) is -2.05. The van der Waals surface area contributed by atoms with Crippen LogP contribution in [0, 0.1) is 11.7 Å². The van der Waals surface area contributed by atoms with E-state index in [1.165, 1.54) is 30.2 Å². The fourth-order valence-electron chi connectivity index (χ4n) is 2.29. The van der Waals surface area contributed by atoms with Crippen molar-refractivity contribution >= 4 is 23.5 Å². The fraction of sp³-hybridized carbons (Fsp3) is 0.529. The number of unbranched alkanes of at least 4 members (excludes halogenated alkanes) is 2. The van der Waals surface area contributed by atoms with E-state index in [4.69, 9.17) is 16.3 Å². The van der Waals surface area contributed by atoms with Crippen LogP contribution in [0.15, 0.2) is 18.2 Å². The van der Waals surface area contributed by atoms with Gasteiger partial charge in [0.2, 0.25) is 0 Å². The van der Waals surface area contributed by atoms with Gasteiger partial charge in [-0.3, -0.25) is 9.59 Å². The molecule has 1 aromatic rings. The van der Waals surface area contributed by atoms with Gasteiger partial charge < -0.3 is 9.64 Å². The molecule has 4 nitrogen and oxygen atoms in total. The number of rotatable bonds is 8. The van der Waals surface area contributed by atoms with Gasteiger partial charge in [0.25, 0.3) is 5.91 Å². The molecule has 0 aromatic heterocycles. The van der Waals surface area contributed by atoms with Crippen LogP contribution in [0.1, 0.15) is 43.5 Å². The molecule has 1 atom stereocenters. The molecule has 1 aromatic carbocycles. The molecular weight excluding hydrogens is 321 g/mol. The summed E-state index contributed by atoms with van der Waals surface area (Å²) < 4.78 is 18.7. The SMILES string of the molecule is CCCCCN(CC(C)C(=O)OC)C(=O)c1c(F)cccc1Cl. The van der Waals surface area contributed by atoms with Crippen LogP contribution >= 0.6 is 11.6 Å². The molecule has 0 heterocycles. The average molecular weight is 344 g/mol. The Kier molecular flexibility index (Phi) is 8.03. The number of hydrogen-bond acceptors (Lipinski definition) is 3. The van der Waals surface area contributed by atoms with Crippen LogP contribution in [0.3, 0.4) is 0 Å². The van der Waals surface area contributed by atoms with Crippen LogP contribution < -0.4 is 0 Å². The number of methoxy groups -OCH3 is 1. The number of amides is 1. The Labute approximate surface area is 141 Å². The molecule has 1 unspecified atom stereocenters. The van der Waals surface area contributed by atoms with Crippen LogP contribution in [-0.4, -0.2) is 37.0 Å². The van der Waals surface area contributed by atoms with Crippen molar-refractivity contribution in [2.45, 2.75) is 33.1 Å². The van der Waals surface area contributed by atoms with Gasteiger partial charge in [-0.1, -0.05) is 44.4 Å². The lowest BCUT2D eigenvalue weighted by atomic mass is 10.1. The highest BCUT2D eigenvalue weighted by Crippen LogP contribution is 2.22. The summed E-state index contributed by atoms with van der Waals surface area (Å²) in [5.41, 5.74) is -0.150. The van der Waals surface area contributed by atoms with E-state index in [-0.39, 0.29) is 17.1 Å². The van der Waals surface area contributed by atoms with Crippen LogP contribution in [0.2, 0.25) is 5.02 Å². The highest BCUT2D eigenvalue weighted by Gasteiger charge is 2.25. The first-order valence-corrected chi connectivity index (χ1v) is 8.11. The lowest BCUT2D eigenvalue weighted by Gasteiger charge is -2.25. The van der Waals surface area contributed by atoms with Gasteiger partial charge in [-0.25, -0.2) is 4.39 Å². The maximum absolute atomic E-state index is 14.0. The molecule has 1 rings (SSSR count). The number of carbonyl (C=O) groups is 2. The third-order valence-electron chi connectivity index (χ3n) is 3.59. The molecule has 0 saturated heterocycles. The van der Waals surface area contributed by atoms with E-state index < -0.39 is 23.6 Å². The van der Waals surface area contributed by atoms with Crippen molar-refractivity contribution in [2.24, 2.45) is 5.92 Å². The maximum Gasteiger partial charge on any atom is 0.310 e. The lowest BCUT2D eigenvalue weighted by molar-refractivity contribution is -0.145. The van der Waals surface area contributed by atoms with Gasteiger partial charge in [0.15, 0.2) is 0 Å². The molecule has 0 aliphatic heterocycles. The molecular formula is C17H23ClFNO3. The van der Waals surface area contributed by atoms with Crippen molar-refractivity contribution in [2.75, 3.05) is 20.2 Å². The minimum atomic E-state index is -0.659. The summed E-state index contributed by atoms with van der Waals surface area (Å²) in [5, 5.41) is 0.0706. The first-order chi connectivity index (χ1) is 10.9. The minimum absolute atomic E-state index is 0.0706. The van der Waals surface area contributed by atoms with Gasteiger partial charge >= 0.3 is 5.97 Å². The Morgan fingerprint density at radius 3 is 2.61 bits per heavy atom. The summed E-state index contributed by atoms with van der Waals surface area (Å²) in [6.45, 7) is 4.34. The molecule has 0 aliphatic carbocycles. The smallest absolute Gasteiger partial charge is 0.310 e. The predicted molar refractivity (Wildman–Crippen MR) is 88.0 cm³/mol. The zero-order chi connectivity index (χ0) is 17.4. The van der Waals surface area contributed by atoms with Crippen molar-refractivity contribution in [1.82, 2.24) is 4.90 Å². The summed E-state index contributed by atoms with van der Waals surface area (Å²) in [6, 6.07) is 4.13. The quantitative estimate of drug-likeness (QED) is 0.531. The summed E-state index contributed by atoms with van der Waals surface area (Å²) in [6.07, 6.45) is 2.72. The maximum atomic E-state index is 14.0. The van der Waals surface area contributed by atoms with Gasteiger partial charge in [0.05, 0.1) is 23.6 Å². The van der Waals surface area contributed by atoms with Crippen LogP contribution in [0.5, 0.6) is 0 Å². The third-order valence-corrected chi connectivity index (χ3v) is 3.91. The molecule has 0 spiro atoms.